The van der Waals surface area contributed by atoms with E-state index in [0.29, 0.717) is 22.4 Å². The highest BCUT2D eigenvalue weighted by Gasteiger charge is 2.29. The zero-order valence-electron chi connectivity index (χ0n) is 19.6. The number of benzene rings is 3. The molecule has 0 fully saturated rings. The minimum absolute atomic E-state index is 0.00969. The van der Waals surface area contributed by atoms with Gasteiger partial charge in [-0.3, -0.25) is 19.5 Å². The van der Waals surface area contributed by atoms with E-state index in [-0.39, 0.29) is 34.1 Å². The van der Waals surface area contributed by atoms with Crippen LogP contribution >= 0.6 is 34.2 Å². The quantitative estimate of drug-likeness (QED) is 0.102. The maximum Gasteiger partial charge on any atom is 0.344 e. The van der Waals surface area contributed by atoms with Gasteiger partial charge in [-0.05, 0) is 78.0 Å². The summed E-state index contributed by atoms with van der Waals surface area (Å²) in [6.45, 7) is 1.76. The number of rotatable bonds is 6. The molecule has 0 aliphatic heterocycles. The number of hydrogen-bond acceptors (Lipinski definition) is 7. The first-order valence-corrected chi connectivity index (χ1v) is 12.7. The molecule has 190 valence electrons. The number of fused-ring (bicyclic) bond motifs is 2. The average Bonchev–Trinajstić information content (AvgIpc) is 3.20. The molecule has 2 heterocycles. The summed E-state index contributed by atoms with van der Waals surface area (Å²) < 4.78 is 7.92. The molecule has 2 aromatic heterocycles. The Balaban J connectivity index is 1.79. The first kappa shape index (κ1) is 25.5. The first-order chi connectivity index (χ1) is 18.3. The number of esters is 1. The van der Waals surface area contributed by atoms with Gasteiger partial charge in [0, 0.05) is 20.9 Å². The summed E-state index contributed by atoms with van der Waals surface area (Å²) in [6, 6.07) is 18.3. The largest absolute Gasteiger partial charge is 0.462 e. The van der Waals surface area contributed by atoms with E-state index in [1.807, 2.05) is 30.3 Å². The van der Waals surface area contributed by atoms with E-state index in [9.17, 15) is 19.7 Å². The molecule has 5 rings (SSSR count). The second-order valence-electron chi connectivity index (χ2n) is 8.02. The SMILES string of the molecule is CCOC(=O)c1c(NC(=O)c2ccc(Cl)c([N+](=O)[O-])c2)n(-c2ccc(I)cc2)c2nc3ccccc3nc12. The predicted molar refractivity (Wildman–Crippen MR) is 151 cm³/mol. The highest BCUT2D eigenvalue weighted by molar-refractivity contribution is 14.1. The number of carbonyl (C=O) groups is 2. The molecule has 0 radical (unpaired) electrons. The van der Waals surface area contributed by atoms with Gasteiger partial charge in [-0.25, -0.2) is 14.8 Å². The first-order valence-electron chi connectivity index (χ1n) is 11.3. The predicted octanol–water partition coefficient (Wildman–Crippen LogP) is 6.17. The number of nitrogens with one attached hydrogen (secondary N) is 1. The topological polar surface area (TPSA) is 129 Å². The Hall–Kier alpha value is -4.10. The Labute approximate surface area is 233 Å². The molecular weight excluding hydrogens is 625 g/mol. The zero-order valence-corrected chi connectivity index (χ0v) is 22.6. The molecule has 12 heteroatoms. The van der Waals surface area contributed by atoms with Crippen LogP contribution in [0.3, 0.4) is 0 Å². The standard InChI is InChI=1S/C26H17ClIN5O5/c1-2-38-26(35)21-22-24(30-19-6-4-3-5-18(19)29-22)32(16-10-8-15(28)9-11-16)23(21)31-25(34)14-7-12-17(27)20(13-14)33(36)37/h3-13H,2H2,1H3,(H,31,34). The fourth-order valence-electron chi connectivity index (χ4n) is 3.97. The third-order valence-corrected chi connectivity index (χ3v) is 6.70. The van der Waals surface area contributed by atoms with Crippen LogP contribution in [0.15, 0.2) is 66.7 Å². The Morgan fingerprint density at radius 1 is 1.08 bits per heavy atom. The van der Waals surface area contributed by atoms with Crippen LogP contribution in [0.2, 0.25) is 5.02 Å². The van der Waals surface area contributed by atoms with Gasteiger partial charge < -0.3 is 10.1 Å². The fraction of sp³-hybridized carbons (Fsp3) is 0.0769. The number of amides is 1. The van der Waals surface area contributed by atoms with Crippen molar-refractivity contribution in [2.75, 3.05) is 11.9 Å². The number of halogens is 2. The van der Waals surface area contributed by atoms with Gasteiger partial charge in [-0.2, -0.15) is 0 Å². The number of nitro groups is 1. The number of para-hydroxylation sites is 2. The zero-order chi connectivity index (χ0) is 27.0. The molecule has 0 aliphatic carbocycles. The summed E-state index contributed by atoms with van der Waals surface area (Å²) in [4.78, 5) is 46.8. The molecule has 0 saturated heterocycles. The van der Waals surface area contributed by atoms with Gasteiger partial charge in [0.15, 0.2) is 5.65 Å². The van der Waals surface area contributed by atoms with E-state index in [1.165, 1.54) is 12.1 Å². The third kappa shape index (κ3) is 4.65. The lowest BCUT2D eigenvalue weighted by molar-refractivity contribution is -0.384. The van der Waals surface area contributed by atoms with Crippen molar-refractivity contribution in [1.82, 2.24) is 14.5 Å². The van der Waals surface area contributed by atoms with Gasteiger partial charge in [0.05, 0.1) is 22.6 Å². The molecule has 0 atom stereocenters. The van der Waals surface area contributed by atoms with E-state index < -0.39 is 22.5 Å². The van der Waals surface area contributed by atoms with Gasteiger partial charge in [-0.1, -0.05) is 23.7 Å². The smallest absolute Gasteiger partial charge is 0.344 e. The minimum atomic E-state index is -0.705. The molecule has 3 aromatic carbocycles. The van der Waals surface area contributed by atoms with Crippen LogP contribution in [0.25, 0.3) is 27.9 Å². The third-order valence-electron chi connectivity index (χ3n) is 5.66. The second kappa shape index (κ2) is 10.3. The number of anilines is 1. The molecule has 1 N–H and O–H groups in total. The fourth-order valence-corrected chi connectivity index (χ4v) is 4.52. The Morgan fingerprint density at radius 3 is 2.42 bits per heavy atom. The van der Waals surface area contributed by atoms with E-state index in [1.54, 1.807) is 29.7 Å². The van der Waals surface area contributed by atoms with Crippen molar-refractivity contribution in [1.29, 1.82) is 0 Å². The molecule has 0 unspecified atom stereocenters. The van der Waals surface area contributed by atoms with Crippen molar-refractivity contribution in [3.8, 4) is 5.69 Å². The van der Waals surface area contributed by atoms with E-state index >= 15 is 0 Å². The maximum absolute atomic E-state index is 13.4. The van der Waals surface area contributed by atoms with Crippen LogP contribution in [0.1, 0.15) is 27.6 Å². The lowest BCUT2D eigenvalue weighted by atomic mass is 10.2. The normalized spacial score (nSPS) is 11.0. The van der Waals surface area contributed by atoms with Gasteiger partial charge in [0.1, 0.15) is 21.9 Å². The van der Waals surface area contributed by atoms with Crippen LogP contribution < -0.4 is 5.32 Å². The average molecular weight is 642 g/mol. The van der Waals surface area contributed by atoms with Crippen LogP contribution in [0, 0.1) is 13.7 Å². The molecule has 0 saturated carbocycles. The molecule has 0 aliphatic rings. The summed E-state index contributed by atoms with van der Waals surface area (Å²) in [6.07, 6.45) is 0. The number of aromatic nitrogens is 3. The Morgan fingerprint density at radius 2 is 1.76 bits per heavy atom. The van der Waals surface area contributed by atoms with E-state index in [4.69, 9.17) is 26.3 Å². The summed E-state index contributed by atoms with van der Waals surface area (Å²) in [5.41, 5.74) is 1.87. The van der Waals surface area contributed by atoms with Crippen molar-refractivity contribution in [2.24, 2.45) is 0 Å². The molecule has 38 heavy (non-hydrogen) atoms. The number of ether oxygens (including phenoxy) is 1. The second-order valence-corrected chi connectivity index (χ2v) is 9.67. The monoisotopic (exact) mass is 641 g/mol. The number of nitro benzene ring substituents is 1. The maximum atomic E-state index is 13.4. The van der Waals surface area contributed by atoms with Gasteiger partial charge in [-0.15, -0.1) is 0 Å². The number of hydrogen-bond donors (Lipinski definition) is 1. The van der Waals surface area contributed by atoms with Gasteiger partial charge in [0.2, 0.25) is 0 Å². The lowest BCUT2D eigenvalue weighted by Crippen LogP contribution is -2.18. The van der Waals surface area contributed by atoms with Gasteiger partial charge >= 0.3 is 5.97 Å². The van der Waals surface area contributed by atoms with Crippen molar-refractivity contribution < 1.29 is 19.2 Å². The highest BCUT2D eigenvalue weighted by atomic mass is 127. The molecule has 10 nitrogen and oxygen atoms in total. The highest BCUT2D eigenvalue weighted by Crippen LogP contribution is 2.34. The lowest BCUT2D eigenvalue weighted by Gasteiger charge is -2.13. The molecule has 0 bridgehead atoms. The number of nitrogens with zero attached hydrogens (tertiary/aromatic N) is 4. The van der Waals surface area contributed by atoms with Crippen molar-refractivity contribution in [2.45, 2.75) is 6.92 Å². The minimum Gasteiger partial charge on any atom is -0.462 e. The molecule has 1 amide bonds. The Bertz CT molecular complexity index is 1750. The summed E-state index contributed by atoms with van der Waals surface area (Å²) in [7, 11) is 0. The van der Waals surface area contributed by atoms with Gasteiger partial charge in [0.25, 0.3) is 11.6 Å². The number of carbonyl (C=O) groups excluding carboxylic acids is 2. The van der Waals surface area contributed by atoms with Crippen molar-refractivity contribution in [3.63, 3.8) is 0 Å². The van der Waals surface area contributed by atoms with Crippen molar-refractivity contribution >= 4 is 79.8 Å². The molecule has 5 aromatic rings. The molecular formula is C26H17ClIN5O5. The van der Waals surface area contributed by atoms with Crippen LogP contribution in [-0.2, 0) is 4.74 Å². The van der Waals surface area contributed by atoms with Crippen LogP contribution in [-0.4, -0.2) is 37.9 Å². The van der Waals surface area contributed by atoms with Crippen LogP contribution in [0.5, 0.6) is 0 Å². The van der Waals surface area contributed by atoms with E-state index in [2.05, 4.69) is 27.9 Å². The Kier molecular flexibility index (Phi) is 6.95. The summed E-state index contributed by atoms with van der Waals surface area (Å²) >= 11 is 8.10. The van der Waals surface area contributed by atoms with Crippen molar-refractivity contribution in [3.05, 3.63) is 96.6 Å². The summed E-state index contributed by atoms with van der Waals surface area (Å²) in [5, 5.41) is 14.0. The van der Waals surface area contributed by atoms with Crippen LogP contribution in [0.4, 0.5) is 11.5 Å². The molecule has 0 spiro atoms. The van der Waals surface area contributed by atoms with E-state index in [0.717, 1.165) is 9.64 Å². The summed E-state index contributed by atoms with van der Waals surface area (Å²) in [5.74, 6) is -1.34.